The highest BCUT2D eigenvalue weighted by Gasteiger charge is 2.32. The molecule has 2 aliphatic rings. The van der Waals surface area contributed by atoms with Crippen LogP contribution < -0.4 is 5.32 Å². The van der Waals surface area contributed by atoms with Gasteiger partial charge in [-0.2, -0.15) is 0 Å². The van der Waals surface area contributed by atoms with Crippen molar-refractivity contribution in [3.8, 4) is 0 Å². The number of ether oxygens (including phenoxy) is 1. The normalized spacial score (nSPS) is 19.0. The number of rotatable bonds is 6. The summed E-state index contributed by atoms with van der Waals surface area (Å²) in [6.45, 7) is 1.51. The van der Waals surface area contributed by atoms with Gasteiger partial charge in [-0.15, -0.1) is 0 Å². The molecular formula is C21H22N2O4. The van der Waals surface area contributed by atoms with Crippen molar-refractivity contribution in [1.82, 2.24) is 10.2 Å². The maximum Gasteiger partial charge on any atom is 0.261 e. The van der Waals surface area contributed by atoms with Crippen LogP contribution >= 0.6 is 0 Å². The van der Waals surface area contributed by atoms with Crippen molar-refractivity contribution >= 4 is 28.5 Å². The van der Waals surface area contributed by atoms with E-state index in [0.717, 1.165) is 30.2 Å². The summed E-state index contributed by atoms with van der Waals surface area (Å²) in [7, 11) is 0. The standard InChI is InChI=1S/C21H22N2O4/c24-18(22-13-15-7-4-12-27-15)10-3-11-23-20(25)16-8-1-5-14-6-2-9-17(19(14)16)21(23)26/h1-2,5-6,8-9,15H,3-4,7,10-13H2,(H,22,24). The summed E-state index contributed by atoms with van der Waals surface area (Å²) in [5.41, 5.74) is 1.09. The monoisotopic (exact) mass is 366 g/mol. The van der Waals surface area contributed by atoms with Gasteiger partial charge in [0.1, 0.15) is 0 Å². The minimum Gasteiger partial charge on any atom is -0.376 e. The van der Waals surface area contributed by atoms with Crippen molar-refractivity contribution in [3.63, 3.8) is 0 Å². The lowest BCUT2D eigenvalue weighted by Gasteiger charge is -2.27. The number of nitrogens with zero attached hydrogens (tertiary/aromatic N) is 1. The summed E-state index contributed by atoms with van der Waals surface area (Å²) in [6.07, 6.45) is 2.83. The van der Waals surface area contributed by atoms with Crippen LogP contribution in [0.25, 0.3) is 10.8 Å². The molecule has 1 N–H and O–H groups in total. The second kappa shape index (κ2) is 7.48. The summed E-state index contributed by atoms with van der Waals surface area (Å²) in [5, 5.41) is 4.48. The molecule has 6 nitrogen and oxygen atoms in total. The van der Waals surface area contributed by atoms with E-state index in [9.17, 15) is 14.4 Å². The molecule has 0 saturated carbocycles. The molecule has 6 heteroatoms. The van der Waals surface area contributed by atoms with Gasteiger partial charge < -0.3 is 10.1 Å². The first kappa shape index (κ1) is 17.7. The smallest absolute Gasteiger partial charge is 0.261 e. The number of hydrogen-bond acceptors (Lipinski definition) is 4. The minimum atomic E-state index is -0.288. The Labute approximate surface area is 157 Å². The van der Waals surface area contributed by atoms with E-state index in [4.69, 9.17) is 4.74 Å². The molecule has 0 spiro atoms. The van der Waals surface area contributed by atoms with Gasteiger partial charge in [0.05, 0.1) is 6.10 Å². The molecular weight excluding hydrogens is 344 g/mol. The maximum atomic E-state index is 12.8. The quantitative estimate of drug-likeness (QED) is 0.797. The highest BCUT2D eigenvalue weighted by molar-refractivity contribution is 6.25. The minimum absolute atomic E-state index is 0.0788. The van der Waals surface area contributed by atoms with E-state index in [2.05, 4.69) is 5.32 Å². The zero-order valence-corrected chi connectivity index (χ0v) is 15.1. The van der Waals surface area contributed by atoms with Gasteiger partial charge in [-0.3, -0.25) is 19.3 Å². The van der Waals surface area contributed by atoms with Crippen LogP contribution in [0.2, 0.25) is 0 Å². The Morgan fingerprint density at radius 3 is 2.44 bits per heavy atom. The molecule has 2 aromatic rings. The molecule has 1 fully saturated rings. The van der Waals surface area contributed by atoms with Crippen molar-refractivity contribution in [2.75, 3.05) is 19.7 Å². The summed E-state index contributed by atoms with van der Waals surface area (Å²) < 4.78 is 5.48. The number of amides is 3. The molecule has 1 unspecified atom stereocenters. The van der Waals surface area contributed by atoms with E-state index in [0.29, 0.717) is 24.1 Å². The fourth-order valence-corrected chi connectivity index (χ4v) is 3.80. The van der Waals surface area contributed by atoms with Crippen molar-refractivity contribution in [2.24, 2.45) is 0 Å². The summed E-state index contributed by atoms with van der Waals surface area (Å²) in [6, 6.07) is 11.0. The van der Waals surface area contributed by atoms with E-state index in [-0.39, 0.29) is 36.8 Å². The maximum absolute atomic E-state index is 12.8. The lowest BCUT2D eigenvalue weighted by atomic mass is 9.94. The molecule has 2 aliphatic heterocycles. The first-order valence-electron chi connectivity index (χ1n) is 9.41. The third-order valence-corrected chi connectivity index (χ3v) is 5.19. The zero-order chi connectivity index (χ0) is 18.8. The molecule has 0 radical (unpaired) electrons. The lowest BCUT2D eigenvalue weighted by Crippen LogP contribution is -2.41. The van der Waals surface area contributed by atoms with Crippen molar-refractivity contribution in [2.45, 2.75) is 31.8 Å². The molecule has 2 aromatic carbocycles. The van der Waals surface area contributed by atoms with E-state index in [1.54, 1.807) is 12.1 Å². The third kappa shape index (κ3) is 3.45. The molecule has 2 heterocycles. The third-order valence-electron chi connectivity index (χ3n) is 5.19. The van der Waals surface area contributed by atoms with Gasteiger partial charge in [-0.1, -0.05) is 24.3 Å². The number of benzene rings is 2. The topological polar surface area (TPSA) is 75.7 Å². The van der Waals surface area contributed by atoms with Gasteiger partial charge in [0, 0.05) is 42.6 Å². The van der Waals surface area contributed by atoms with Crippen molar-refractivity contribution in [1.29, 1.82) is 0 Å². The van der Waals surface area contributed by atoms with Crippen LogP contribution in [-0.4, -0.2) is 48.4 Å². The summed E-state index contributed by atoms with van der Waals surface area (Å²) in [5.74, 6) is -0.655. The molecule has 3 amide bonds. The highest BCUT2D eigenvalue weighted by Crippen LogP contribution is 2.30. The molecule has 0 aliphatic carbocycles. The van der Waals surface area contributed by atoms with Crippen LogP contribution in [0.15, 0.2) is 36.4 Å². The average Bonchev–Trinajstić information content (AvgIpc) is 3.20. The SMILES string of the molecule is O=C(CCCN1C(=O)c2cccc3cccc(c23)C1=O)NCC1CCCO1. The summed E-state index contributed by atoms with van der Waals surface area (Å²) >= 11 is 0. The predicted molar refractivity (Wildman–Crippen MR) is 101 cm³/mol. The molecule has 0 bridgehead atoms. The Bertz CT molecular complexity index is 851. The van der Waals surface area contributed by atoms with Crippen LogP contribution in [0.5, 0.6) is 0 Å². The van der Waals surface area contributed by atoms with Crippen LogP contribution in [-0.2, 0) is 9.53 Å². The highest BCUT2D eigenvalue weighted by atomic mass is 16.5. The number of carbonyl (C=O) groups is 3. The van der Waals surface area contributed by atoms with E-state index < -0.39 is 0 Å². The zero-order valence-electron chi connectivity index (χ0n) is 15.1. The van der Waals surface area contributed by atoms with Gasteiger partial charge in [0.2, 0.25) is 5.91 Å². The molecule has 1 atom stereocenters. The lowest BCUT2D eigenvalue weighted by molar-refractivity contribution is -0.121. The van der Waals surface area contributed by atoms with Gasteiger partial charge in [-0.05, 0) is 36.8 Å². The number of imide groups is 1. The largest absolute Gasteiger partial charge is 0.376 e. The van der Waals surface area contributed by atoms with Crippen LogP contribution in [0.4, 0.5) is 0 Å². The molecule has 1 saturated heterocycles. The van der Waals surface area contributed by atoms with Gasteiger partial charge in [-0.25, -0.2) is 0 Å². The Morgan fingerprint density at radius 1 is 1.11 bits per heavy atom. The fraction of sp³-hybridized carbons (Fsp3) is 0.381. The van der Waals surface area contributed by atoms with Gasteiger partial charge >= 0.3 is 0 Å². The first-order chi connectivity index (χ1) is 13.1. The van der Waals surface area contributed by atoms with Crippen molar-refractivity contribution < 1.29 is 19.1 Å². The van der Waals surface area contributed by atoms with Crippen LogP contribution in [0.1, 0.15) is 46.4 Å². The van der Waals surface area contributed by atoms with Crippen molar-refractivity contribution in [3.05, 3.63) is 47.5 Å². The Balaban J connectivity index is 1.38. The second-order valence-corrected chi connectivity index (χ2v) is 7.01. The molecule has 4 rings (SSSR count). The summed E-state index contributed by atoms with van der Waals surface area (Å²) in [4.78, 5) is 38.8. The van der Waals surface area contributed by atoms with Crippen LogP contribution in [0, 0.1) is 0 Å². The average molecular weight is 366 g/mol. The molecule has 140 valence electrons. The van der Waals surface area contributed by atoms with E-state index in [1.807, 2.05) is 24.3 Å². The van der Waals surface area contributed by atoms with Gasteiger partial charge in [0.25, 0.3) is 11.8 Å². The van der Waals surface area contributed by atoms with E-state index >= 15 is 0 Å². The molecule has 27 heavy (non-hydrogen) atoms. The van der Waals surface area contributed by atoms with Crippen LogP contribution in [0.3, 0.4) is 0 Å². The molecule has 0 aromatic heterocycles. The first-order valence-corrected chi connectivity index (χ1v) is 9.41. The van der Waals surface area contributed by atoms with E-state index in [1.165, 1.54) is 4.90 Å². The predicted octanol–water partition coefficient (Wildman–Crippen LogP) is 2.51. The van der Waals surface area contributed by atoms with Gasteiger partial charge in [0.15, 0.2) is 0 Å². The Morgan fingerprint density at radius 2 is 1.81 bits per heavy atom. The Hall–Kier alpha value is -2.73. The fourth-order valence-electron chi connectivity index (χ4n) is 3.80. The number of carbonyl (C=O) groups excluding carboxylic acids is 3. The second-order valence-electron chi connectivity index (χ2n) is 7.01. The number of nitrogens with one attached hydrogen (secondary N) is 1. The number of hydrogen-bond donors (Lipinski definition) is 1. The Kier molecular flexibility index (Phi) is 4.90.